The van der Waals surface area contributed by atoms with E-state index in [1.807, 2.05) is 45.0 Å². The molecule has 2 atom stereocenters. The lowest BCUT2D eigenvalue weighted by Gasteiger charge is -2.24. The van der Waals surface area contributed by atoms with Crippen LogP contribution in [0.4, 0.5) is 5.13 Å². The van der Waals surface area contributed by atoms with Crippen molar-refractivity contribution in [2.24, 2.45) is 0 Å². The Morgan fingerprint density at radius 2 is 1.89 bits per heavy atom. The first-order valence-corrected chi connectivity index (χ1v) is 15.3. The lowest BCUT2D eigenvalue weighted by atomic mass is 9.94. The Labute approximate surface area is 259 Å². The number of ketones is 1. The third-order valence-electron chi connectivity index (χ3n) is 7.42. The highest BCUT2D eigenvalue weighted by atomic mass is 32.1. The highest BCUT2D eigenvalue weighted by Crippen LogP contribution is 2.46. The number of aliphatic hydroxyl groups excluding tert-OH is 1. The smallest absolute Gasteiger partial charge is 0.301 e. The number of benzene rings is 3. The van der Waals surface area contributed by atoms with Crippen LogP contribution in [-0.2, 0) is 16.0 Å². The van der Waals surface area contributed by atoms with Gasteiger partial charge in [-0.1, -0.05) is 30.1 Å². The van der Waals surface area contributed by atoms with Crippen LogP contribution in [-0.4, -0.2) is 47.7 Å². The van der Waals surface area contributed by atoms with E-state index >= 15 is 0 Å². The van der Waals surface area contributed by atoms with Crippen LogP contribution in [0.1, 0.15) is 43.5 Å². The van der Waals surface area contributed by atoms with E-state index in [9.17, 15) is 14.7 Å². The Morgan fingerprint density at radius 3 is 2.66 bits per heavy atom. The van der Waals surface area contributed by atoms with Gasteiger partial charge in [0.2, 0.25) is 0 Å². The van der Waals surface area contributed by atoms with Crippen molar-refractivity contribution >= 4 is 44.1 Å². The van der Waals surface area contributed by atoms with E-state index in [1.165, 1.54) is 16.2 Å². The molecule has 226 valence electrons. The van der Waals surface area contributed by atoms with E-state index in [-0.39, 0.29) is 24.0 Å². The molecule has 3 heterocycles. The number of carbonyl (C=O) groups is 2. The van der Waals surface area contributed by atoms with Crippen LogP contribution in [0.2, 0.25) is 0 Å². The lowest BCUT2D eigenvalue weighted by Crippen LogP contribution is -2.29. The second kappa shape index (κ2) is 12.0. The summed E-state index contributed by atoms with van der Waals surface area (Å²) < 4.78 is 23.9. The minimum absolute atomic E-state index is 0.00839. The zero-order chi connectivity index (χ0) is 31.0. The van der Waals surface area contributed by atoms with Crippen molar-refractivity contribution in [2.45, 2.75) is 39.3 Å². The largest absolute Gasteiger partial charge is 0.507 e. The number of Topliss-reactive ketones (excluding diaryl/α,β-unsaturated/α-hetero) is 1. The number of aromatic nitrogens is 1. The van der Waals surface area contributed by atoms with Crippen LogP contribution in [0.5, 0.6) is 23.0 Å². The van der Waals surface area contributed by atoms with Crippen LogP contribution in [0, 0.1) is 0 Å². The van der Waals surface area contributed by atoms with Crippen molar-refractivity contribution in [3.63, 3.8) is 0 Å². The van der Waals surface area contributed by atoms with Gasteiger partial charge in [0.05, 0.1) is 35.0 Å². The van der Waals surface area contributed by atoms with Gasteiger partial charge in [-0.3, -0.25) is 14.5 Å². The van der Waals surface area contributed by atoms with Crippen molar-refractivity contribution < 1.29 is 33.6 Å². The second-order valence-electron chi connectivity index (χ2n) is 10.4. The van der Waals surface area contributed by atoms with Gasteiger partial charge >= 0.3 is 5.91 Å². The summed E-state index contributed by atoms with van der Waals surface area (Å²) in [6.45, 7) is 10.6. The van der Waals surface area contributed by atoms with E-state index in [0.717, 1.165) is 16.0 Å². The van der Waals surface area contributed by atoms with Crippen LogP contribution in [0.3, 0.4) is 0 Å². The zero-order valence-electron chi connectivity index (χ0n) is 24.7. The quantitative estimate of drug-likeness (QED) is 0.0923. The van der Waals surface area contributed by atoms with E-state index in [2.05, 4.69) is 6.58 Å². The third kappa shape index (κ3) is 5.26. The molecule has 2 aliphatic heterocycles. The van der Waals surface area contributed by atoms with Crippen LogP contribution >= 0.6 is 11.3 Å². The number of hydrogen-bond donors (Lipinski definition) is 1. The molecule has 44 heavy (non-hydrogen) atoms. The molecule has 0 unspecified atom stereocenters. The van der Waals surface area contributed by atoms with E-state index in [4.69, 9.17) is 23.9 Å². The SMILES string of the molecule is C=CCOc1ccc([C@H]2C(=C(O)c3ccc4c(c3)C[C@H](C)O4)C(=O)C(=O)N2c2nc3ccc(OCC)cc3s2)cc1OCC. The van der Waals surface area contributed by atoms with Gasteiger partial charge in [0.15, 0.2) is 16.6 Å². The monoisotopic (exact) mass is 612 g/mol. The van der Waals surface area contributed by atoms with Gasteiger partial charge < -0.3 is 24.1 Å². The van der Waals surface area contributed by atoms with Gasteiger partial charge in [-0.25, -0.2) is 4.98 Å². The predicted molar refractivity (Wildman–Crippen MR) is 169 cm³/mol. The second-order valence-corrected chi connectivity index (χ2v) is 11.4. The number of fused-ring (bicyclic) bond motifs is 2. The molecule has 6 rings (SSSR count). The standard InChI is InChI=1S/C34H32N2O7S/c1-5-14-42-26-13-8-20(17-27(26)41-7-3)30-29(31(37)21-9-12-25-22(16-21)15-19(4)43-25)32(38)33(39)36(30)34-35-24-11-10-23(40-6-2)18-28(24)44-34/h5,8-13,16-19,30,37H,1,6-7,14-15H2,2-4H3/t19-,30-/m0/s1. The zero-order valence-corrected chi connectivity index (χ0v) is 25.5. The highest BCUT2D eigenvalue weighted by Gasteiger charge is 2.48. The Bertz CT molecular complexity index is 1810. The average Bonchev–Trinajstić information content (AvgIpc) is 3.68. The number of hydrogen-bond acceptors (Lipinski definition) is 9. The molecule has 1 fully saturated rings. The van der Waals surface area contributed by atoms with E-state index < -0.39 is 17.7 Å². The Hall–Kier alpha value is -4.83. The first-order valence-electron chi connectivity index (χ1n) is 14.5. The van der Waals surface area contributed by atoms with E-state index in [0.29, 0.717) is 58.7 Å². The fourth-order valence-electron chi connectivity index (χ4n) is 5.55. The summed E-state index contributed by atoms with van der Waals surface area (Å²) in [5.74, 6) is 0.474. The number of amides is 1. The first-order chi connectivity index (χ1) is 21.3. The van der Waals surface area contributed by atoms with Crippen molar-refractivity contribution in [1.29, 1.82) is 0 Å². The van der Waals surface area contributed by atoms with Gasteiger partial charge in [0.25, 0.3) is 5.78 Å². The van der Waals surface area contributed by atoms with Crippen molar-refractivity contribution in [2.75, 3.05) is 24.7 Å². The molecule has 1 amide bonds. The molecular weight excluding hydrogens is 580 g/mol. The van der Waals surface area contributed by atoms with Gasteiger partial charge in [0, 0.05) is 12.0 Å². The summed E-state index contributed by atoms with van der Waals surface area (Å²) in [7, 11) is 0. The molecule has 1 N–H and O–H groups in total. The molecule has 0 aliphatic carbocycles. The highest BCUT2D eigenvalue weighted by molar-refractivity contribution is 7.22. The molecule has 0 saturated carbocycles. The van der Waals surface area contributed by atoms with Crippen molar-refractivity contribution in [1.82, 2.24) is 4.98 Å². The maximum atomic E-state index is 13.8. The Balaban J connectivity index is 1.52. The van der Waals surface area contributed by atoms with Gasteiger partial charge in [0.1, 0.15) is 30.0 Å². The van der Waals surface area contributed by atoms with Gasteiger partial charge in [-0.15, -0.1) is 0 Å². The summed E-state index contributed by atoms with van der Waals surface area (Å²) in [6, 6.07) is 15.0. The summed E-state index contributed by atoms with van der Waals surface area (Å²) >= 11 is 1.27. The number of ether oxygens (including phenoxy) is 4. The maximum Gasteiger partial charge on any atom is 0.301 e. The molecule has 9 nitrogen and oxygen atoms in total. The molecule has 0 bridgehead atoms. The minimum Gasteiger partial charge on any atom is -0.507 e. The maximum absolute atomic E-state index is 13.8. The summed E-state index contributed by atoms with van der Waals surface area (Å²) in [6.07, 6.45) is 2.31. The summed E-state index contributed by atoms with van der Waals surface area (Å²) in [4.78, 5) is 33.7. The molecule has 0 spiro atoms. The molecule has 10 heteroatoms. The number of aliphatic hydroxyl groups is 1. The number of rotatable bonds is 10. The van der Waals surface area contributed by atoms with Crippen LogP contribution in [0.25, 0.3) is 16.0 Å². The van der Waals surface area contributed by atoms with Crippen molar-refractivity contribution in [3.05, 3.63) is 89.5 Å². The topological polar surface area (TPSA) is 107 Å². The average molecular weight is 613 g/mol. The molecule has 1 aromatic heterocycles. The number of anilines is 1. The number of thiazole rings is 1. The van der Waals surface area contributed by atoms with Gasteiger partial charge in [-0.2, -0.15) is 0 Å². The fraction of sp³-hybridized carbons (Fsp3) is 0.265. The number of nitrogens with zero attached hydrogens (tertiary/aromatic N) is 2. The summed E-state index contributed by atoms with van der Waals surface area (Å²) in [5, 5.41) is 12.0. The molecule has 0 radical (unpaired) electrons. The van der Waals surface area contributed by atoms with Crippen LogP contribution in [0.15, 0.2) is 72.8 Å². The Morgan fingerprint density at radius 1 is 1.07 bits per heavy atom. The lowest BCUT2D eigenvalue weighted by molar-refractivity contribution is -0.132. The third-order valence-corrected chi connectivity index (χ3v) is 8.44. The normalized spacial score (nSPS) is 18.8. The molecule has 3 aromatic carbocycles. The predicted octanol–water partition coefficient (Wildman–Crippen LogP) is 6.61. The minimum atomic E-state index is -0.988. The molecule has 4 aromatic rings. The van der Waals surface area contributed by atoms with Gasteiger partial charge in [-0.05, 0) is 80.4 Å². The number of carbonyl (C=O) groups excluding carboxylic acids is 2. The summed E-state index contributed by atoms with van der Waals surface area (Å²) in [5.41, 5.74) is 2.51. The molecule has 1 saturated heterocycles. The Kier molecular flexibility index (Phi) is 8.01. The molecule has 2 aliphatic rings. The molecular formula is C34H32N2O7S. The van der Waals surface area contributed by atoms with Crippen LogP contribution < -0.4 is 23.8 Å². The van der Waals surface area contributed by atoms with E-state index in [1.54, 1.807) is 36.4 Å². The van der Waals surface area contributed by atoms with Crippen molar-refractivity contribution in [3.8, 4) is 23.0 Å². The fourth-order valence-corrected chi connectivity index (χ4v) is 6.57. The first kappa shape index (κ1) is 29.3.